The highest BCUT2D eigenvalue weighted by atomic mass is 15.3. The minimum absolute atomic E-state index is 0.725. The Morgan fingerprint density at radius 1 is 1.90 bits per heavy atom. The van der Waals surface area contributed by atoms with Gasteiger partial charge in [0.1, 0.15) is 0 Å². The molecule has 10 heavy (non-hydrogen) atoms. The normalized spacial score (nSPS) is 9.70. The lowest BCUT2D eigenvalue weighted by Crippen LogP contribution is -1.99. The van der Waals surface area contributed by atoms with Crippen LogP contribution in [0.15, 0.2) is 18.9 Å². The summed E-state index contributed by atoms with van der Waals surface area (Å²) in [6, 6.07) is 0. The van der Waals surface area contributed by atoms with Gasteiger partial charge in [-0.05, 0) is 6.92 Å². The predicted molar refractivity (Wildman–Crippen MR) is 41.6 cm³/mol. The van der Waals surface area contributed by atoms with Crippen molar-refractivity contribution in [1.82, 2.24) is 9.78 Å². The van der Waals surface area contributed by atoms with Crippen LogP contribution < -0.4 is 5.73 Å². The molecule has 1 rings (SSSR count). The zero-order valence-corrected chi connectivity index (χ0v) is 6.04. The molecule has 0 aliphatic rings. The molecule has 1 heterocycles. The first-order valence-corrected chi connectivity index (χ1v) is 3.14. The van der Waals surface area contributed by atoms with Gasteiger partial charge < -0.3 is 5.73 Å². The number of rotatable bonds is 2. The molecule has 0 fully saturated rings. The van der Waals surface area contributed by atoms with E-state index in [4.69, 9.17) is 5.73 Å². The van der Waals surface area contributed by atoms with Crippen molar-refractivity contribution in [2.24, 2.45) is 0 Å². The molecule has 0 amide bonds. The van der Waals surface area contributed by atoms with Crippen molar-refractivity contribution in [3.05, 3.63) is 24.5 Å². The highest BCUT2D eigenvalue weighted by Gasteiger charge is 1.98. The molecule has 1 aromatic heterocycles. The highest BCUT2D eigenvalue weighted by Crippen LogP contribution is 2.07. The van der Waals surface area contributed by atoms with Crippen molar-refractivity contribution < 1.29 is 0 Å². The van der Waals surface area contributed by atoms with Crippen molar-refractivity contribution in [3.8, 4) is 0 Å². The molecule has 0 aromatic carbocycles. The summed E-state index contributed by atoms with van der Waals surface area (Å²) < 4.78 is 1.81. The molecule has 0 aliphatic carbocycles. The fourth-order valence-corrected chi connectivity index (χ4v) is 0.767. The molecule has 0 aliphatic heterocycles. The molecule has 1 aromatic rings. The average molecular weight is 137 g/mol. The maximum Gasteiger partial charge on any atom is 0.0730 e. The summed E-state index contributed by atoms with van der Waals surface area (Å²) in [5.74, 6) is 0. The molecule has 0 radical (unpaired) electrons. The summed E-state index contributed by atoms with van der Waals surface area (Å²) in [5.41, 5.74) is 7.29. The van der Waals surface area contributed by atoms with E-state index in [1.54, 1.807) is 12.3 Å². The SMILES string of the molecule is C=CCn1ncc(N)c1C. The zero-order chi connectivity index (χ0) is 7.56. The third-order valence-electron chi connectivity index (χ3n) is 1.44. The molecule has 0 saturated carbocycles. The Bertz CT molecular complexity index is 237. The van der Waals surface area contributed by atoms with Crippen LogP contribution in [0.4, 0.5) is 5.69 Å². The summed E-state index contributed by atoms with van der Waals surface area (Å²) in [6.07, 6.45) is 3.44. The zero-order valence-electron chi connectivity index (χ0n) is 6.04. The molecular weight excluding hydrogens is 126 g/mol. The van der Waals surface area contributed by atoms with Gasteiger partial charge >= 0.3 is 0 Å². The molecule has 0 spiro atoms. The maximum atomic E-state index is 5.55. The maximum absolute atomic E-state index is 5.55. The first-order chi connectivity index (χ1) is 4.75. The lowest BCUT2D eigenvalue weighted by molar-refractivity contribution is 0.680. The van der Waals surface area contributed by atoms with Gasteiger partial charge in [-0.1, -0.05) is 6.08 Å². The Hall–Kier alpha value is -1.25. The molecule has 54 valence electrons. The summed E-state index contributed by atoms with van der Waals surface area (Å²) in [7, 11) is 0. The van der Waals surface area contributed by atoms with Crippen LogP contribution in [0.1, 0.15) is 5.69 Å². The van der Waals surface area contributed by atoms with Gasteiger partial charge in [-0.25, -0.2) is 0 Å². The van der Waals surface area contributed by atoms with Crippen LogP contribution in [0.5, 0.6) is 0 Å². The molecule has 2 N–H and O–H groups in total. The number of nitrogen functional groups attached to an aromatic ring is 1. The summed E-state index contributed by atoms with van der Waals surface area (Å²) >= 11 is 0. The van der Waals surface area contributed by atoms with E-state index in [1.807, 2.05) is 11.6 Å². The van der Waals surface area contributed by atoms with Gasteiger partial charge in [-0.15, -0.1) is 6.58 Å². The Morgan fingerprint density at radius 3 is 3.00 bits per heavy atom. The van der Waals surface area contributed by atoms with E-state index in [-0.39, 0.29) is 0 Å². The molecule has 3 nitrogen and oxygen atoms in total. The summed E-state index contributed by atoms with van der Waals surface area (Å²) in [4.78, 5) is 0. The van der Waals surface area contributed by atoms with E-state index in [1.165, 1.54) is 0 Å². The third kappa shape index (κ3) is 1.03. The highest BCUT2D eigenvalue weighted by molar-refractivity contribution is 5.39. The van der Waals surface area contributed by atoms with Crippen LogP contribution in [0.25, 0.3) is 0 Å². The van der Waals surface area contributed by atoms with Crippen LogP contribution in [0, 0.1) is 6.92 Å². The number of aromatic nitrogens is 2. The molecular formula is C7H11N3. The van der Waals surface area contributed by atoms with E-state index < -0.39 is 0 Å². The fraction of sp³-hybridized carbons (Fsp3) is 0.286. The predicted octanol–water partition coefficient (Wildman–Crippen LogP) is 0.960. The van der Waals surface area contributed by atoms with Gasteiger partial charge in [0.05, 0.1) is 24.1 Å². The largest absolute Gasteiger partial charge is 0.396 e. The minimum atomic E-state index is 0.725. The second kappa shape index (κ2) is 2.56. The Morgan fingerprint density at radius 2 is 2.60 bits per heavy atom. The molecule has 3 heteroatoms. The van der Waals surface area contributed by atoms with Gasteiger partial charge in [0.2, 0.25) is 0 Å². The molecule has 0 atom stereocenters. The van der Waals surface area contributed by atoms with E-state index >= 15 is 0 Å². The van der Waals surface area contributed by atoms with E-state index in [2.05, 4.69) is 11.7 Å². The topological polar surface area (TPSA) is 43.8 Å². The van der Waals surface area contributed by atoms with Crippen molar-refractivity contribution in [2.45, 2.75) is 13.5 Å². The number of nitrogens with two attached hydrogens (primary N) is 1. The molecule has 0 bridgehead atoms. The van der Waals surface area contributed by atoms with Crippen LogP contribution in [0.2, 0.25) is 0 Å². The number of allylic oxidation sites excluding steroid dienone is 1. The van der Waals surface area contributed by atoms with Crippen LogP contribution in [-0.2, 0) is 6.54 Å². The van der Waals surface area contributed by atoms with Crippen LogP contribution in [-0.4, -0.2) is 9.78 Å². The number of anilines is 1. The Kier molecular flexibility index (Phi) is 1.76. The van der Waals surface area contributed by atoms with Gasteiger partial charge in [0, 0.05) is 0 Å². The first-order valence-electron chi connectivity index (χ1n) is 3.14. The Balaban J connectivity index is 2.93. The molecule has 0 unspecified atom stereocenters. The van der Waals surface area contributed by atoms with Crippen LogP contribution >= 0.6 is 0 Å². The number of nitrogens with zero attached hydrogens (tertiary/aromatic N) is 2. The van der Waals surface area contributed by atoms with Crippen molar-refractivity contribution in [3.63, 3.8) is 0 Å². The molecule has 0 saturated heterocycles. The second-order valence-electron chi connectivity index (χ2n) is 2.16. The van der Waals surface area contributed by atoms with Gasteiger partial charge in [-0.2, -0.15) is 5.10 Å². The summed E-state index contributed by atoms with van der Waals surface area (Å²) in [5, 5.41) is 4.03. The minimum Gasteiger partial charge on any atom is -0.396 e. The van der Waals surface area contributed by atoms with Gasteiger partial charge in [0.25, 0.3) is 0 Å². The average Bonchev–Trinajstić information content (AvgIpc) is 2.20. The van der Waals surface area contributed by atoms with Crippen molar-refractivity contribution >= 4 is 5.69 Å². The van der Waals surface area contributed by atoms with E-state index in [0.717, 1.165) is 17.9 Å². The standard InChI is InChI=1S/C7H11N3/c1-3-4-10-6(2)7(8)5-9-10/h3,5H,1,4,8H2,2H3. The quantitative estimate of drug-likeness (QED) is 0.617. The van der Waals surface area contributed by atoms with Gasteiger partial charge in [0.15, 0.2) is 0 Å². The Labute approximate surface area is 60.1 Å². The van der Waals surface area contributed by atoms with Crippen LogP contribution in [0.3, 0.4) is 0 Å². The lowest BCUT2D eigenvalue weighted by atomic mass is 10.4. The number of hydrogen-bond donors (Lipinski definition) is 1. The lowest BCUT2D eigenvalue weighted by Gasteiger charge is -1.97. The van der Waals surface area contributed by atoms with Gasteiger partial charge in [-0.3, -0.25) is 4.68 Å². The third-order valence-corrected chi connectivity index (χ3v) is 1.44. The fourth-order valence-electron chi connectivity index (χ4n) is 0.767. The monoisotopic (exact) mass is 137 g/mol. The summed E-state index contributed by atoms with van der Waals surface area (Å²) in [6.45, 7) is 6.27. The van der Waals surface area contributed by atoms with Crippen molar-refractivity contribution in [2.75, 3.05) is 5.73 Å². The first kappa shape index (κ1) is 6.86. The van der Waals surface area contributed by atoms with E-state index in [0.29, 0.717) is 0 Å². The second-order valence-corrected chi connectivity index (χ2v) is 2.16. The smallest absolute Gasteiger partial charge is 0.0730 e. The van der Waals surface area contributed by atoms with E-state index in [9.17, 15) is 0 Å². The number of hydrogen-bond acceptors (Lipinski definition) is 2. The van der Waals surface area contributed by atoms with Crippen molar-refractivity contribution in [1.29, 1.82) is 0 Å².